The molecule has 0 heterocycles. The van der Waals surface area contributed by atoms with E-state index in [1.807, 2.05) is 6.92 Å². The van der Waals surface area contributed by atoms with Gasteiger partial charge in [-0.05, 0) is 45.4 Å². The zero-order valence-electron chi connectivity index (χ0n) is 12.4. The molecular formula is C15H30O3. The third-order valence-corrected chi connectivity index (χ3v) is 4.01. The molecule has 1 N–H and O–H groups in total. The van der Waals surface area contributed by atoms with Crippen molar-refractivity contribution in [2.75, 3.05) is 13.2 Å². The molecule has 1 fully saturated rings. The number of aliphatic hydroxyl groups is 1. The maximum absolute atomic E-state index is 8.92. The fourth-order valence-corrected chi connectivity index (χ4v) is 2.53. The molecule has 0 aromatic heterocycles. The molecule has 1 aliphatic rings. The van der Waals surface area contributed by atoms with Gasteiger partial charge in [-0.25, -0.2) is 0 Å². The molecular weight excluding hydrogens is 228 g/mol. The van der Waals surface area contributed by atoms with Crippen molar-refractivity contribution in [2.45, 2.75) is 77.6 Å². The Bertz CT molecular complexity index is 226. The molecule has 0 aliphatic heterocycles. The lowest BCUT2D eigenvalue weighted by Gasteiger charge is -2.45. The van der Waals surface area contributed by atoms with E-state index in [1.165, 1.54) is 32.1 Å². The lowest BCUT2D eigenvalue weighted by atomic mass is 9.74. The van der Waals surface area contributed by atoms with Crippen molar-refractivity contribution in [3.05, 3.63) is 0 Å². The van der Waals surface area contributed by atoms with Crippen molar-refractivity contribution in [1.29, 1.82) is 0 Å². The highest BCUT2D eigenvalue weighted by Gasteiger charge is 2.40. The lowest BCUT2D eigenvalue weighted by Crippen LogP contribution is -2.45. The number of ether oxygens (including phenoxy) is 2. The highest BCUT2D eigenvalue weighted by molar-refractivity contribution is 4.91. The van der Waals surface area contributed by atoms with Crippen LogP contribution in [0.3, 0.4) is 0 Å². The predicted molar refractivity (Wildman–Crippen MR) is 73.7 cm³/mol. The summed E-state index contributed by atoms with van der Waals surface area (Å²) in [6, 6.07) is 0. The first-order valence-electron chi connectivity index (χ1n) is 7.41. The van der Waals surface area contributed by atoms with Crippen molar-refractivity contribution in [2.24, 2.45) is 5.92 Å². The Morgan fingerprint density at radius 1 is 1.17 bits per heavy atom. The van der Waals surface area contributed by atoms with Gasteiger partial charge in [0, 0.05) is 0 Å². The Morgan fingerprint density at radius 3 is 2.28 bits per heavy atom. The van der Waals surface area contributed by atoms with Crippen LogP contribution in [0.25, 0.3) is 0 Å². The van der Waals surface area contributed by atoms with Gasteiger partial charge in [-0.15, -0.1) is 0 Å². The molecule has 0 amide bonds. The molecule has 108 valence electrons. The number of aliphatic hydroxyl groups excluding tert-OH is 1. The smallest absolute Gasteiger partial charge is 0.0788 e. The first kappa shape index (κ1) is 15.9. The maximum atomic E-state index is 8.92. The van der Waals surface area contributed by atoms with Gasteiger partial charge in [0.05, 0.1) is 31.0 Å². The molecule has 0 radical (unpaired) electrons. The van der Waals surface area contributed by atoms with Crippen LogP contribution in [-0.4, -0.2) is 36.1 Å². The molecule has 0 aromatic carbocycles. The molecule has 0 bridgehead atoms. The SMILES string of the molecule is CCC(C)CC1(OC(C)COC(C)CO)CCC1. The molecule has 1 aliphatic carbocycles. The lowest BCUT2D eigenvalue weighted by molar-refractivity contribution is -0.165. The van der Waals surface area contributed by atoms with Gasteiger partial charge in [-0.2, -0.15) is 0 Å². The molecule has 3 heteroatoms. The average Bonchev–Trinajstić information content (AvgIpc) is 2.32. The minimum absolute atomic E-state index is 0.0741. The fourth-order valence-electron chi connectivity index (χ4n) is 2.53. The van der Waals surface area contributed by atoms with E-state index in [-0.39, 0.29) is 24.4 Å². The van der Waals surface area contributed by atoms with E-state index in [4.69, 9.17) is 14.6 Å². The van der Waals surface area contributed by atoms with Crippen molar-refractivity contribution < 1.29 is 14.6 Å². The predicted octanol–water partition coefficient (Wildman–Crippen LogP) is 3.15. The van der Waals surface area contributed by atoms with Crippen LogP contribution >= 0.6 is 0 Å². The van der Waals surface area contributed by atoms with Gasteiger partial charge in [-0.1, -0.05) is 20.3 Å². The Labute approximate surface area is 112 Å². The number of hydrogen-bond acceptors (Lipinski definition) is 3. The second kappa shape index (κ2) is 7.46. The van der Waals surface area contributed by atoms with E-state index in [2.05, 4.69) is 20.8 Å². The van der Waals surface area contributed by atoms with E-state index < -0.39 is 0 Å². The average molecular weight is 258 g/mol. The summed E-state index contributed by atoms with van der Waals surface area (Å²) in [5.74, 6) is 0.731. The fraction of sp³-hybridized carbons (Fsp3) is 1.00. The second-order valence-corrected chi connectivity index (χ2v) is 6.01. The van der Waals surface area contributed by atoms with Crippen LogP contribution in [0.2, 0.25) is 0 Å². The maximum Gasteiger partial charge on any atom is 0.0788 e. The first-order chi connectivity index (χ1) is 8.51. The highest BCUT2D eigenvalue weighted by atomic mass is 16.6. The van der Waals surface area contributed by atoms with Gasteiger partial charge in [0.1, 0.15) is 0 Å². The zero-order chi connectivity index (χ0) is 13.6. The minimum atomic E-state index is -0.0945. The van der Waals surface area contributed by atoms with E-state index in [0.717, 1.165) is 5.92 Å². The van der Waals surface area contributed by atoms with Crippen LogP contribution in [0, 0.1) is 5.92 Å². The summed E-state index contributed by atoms with van der Waals surface area (Å²) in [4.78, 5) is 0. The quantitative estimate of drug-likeness (QED) is 0.690. The molecule has 0 aromatic rings. The molecule has 3 atom stereocenters. The van der Waals surface area contributed by atoms with E-state index in [9.17, 15) is 0 Å². The van der Waals surface area contributed by atoms with Crippen molar-refractivity contribution in [3.8, 4) is 0 Å². The summed E-state index contributed by atoms with van der Waals surface area (Å²) in [6.07, 6.45) is 6.08. The van der Waals surface area contributed by atoms with Gasteiger partial charge in [-0.3, -0.25) is 0 Å². The molecule has 18 heavy (non-hydrogen) atoms. The van der Waals surface area contributed by atoms with Crippen molar-refractivity contribution in [3.63, 3.8) is 0 Å². The summed E-state index contributed by atoms with van der Waals surface area (Å²) < 4.78 is 11.8. The van der Waals surface area contributed by atoms with Gasteiger partial charge in [0.15, 0.2) is 0 Å². The molecule has 1 saturated carbocycles. The largest absolute Gasteiger partial charge is 0.394 e. The summed E-state index contributed by atoms with van der Waals surface area (Å²) in [5, 5.41) is 8.92. The standard InChI is InChI=1S/C15H30O3/c1-5-12(2)9-15(7-6-8-15)18-14(4)11-17-13(3)10-16/h12-14,16H,5-11H2,1-4H3. The van der Waals surface area contributed by atoms with Crippen LogP contribution in [-0.2, 0) is 9.47 Å². The number of hydrogen-bond donors (Lipinski definition) is 1. The van der Waals surface area contributed by atoms with E-state index >= 15 is 0 Å². The molecule has 1 rings (SSSR count). The van der Waals surface area contributed by atoms with Crippen LogP contribution in [0.4, 0.5) is 0 Å². The van der Waals surface area contributed by atoms with Gasteiger partial charge < -0.3 is 14.6 Å². The molecule has 0 saturated heterocycles. The molecule has 3 nitrogen and oxygen atoms in total. The molecule has 3 unspecified atom stereocenters. The van der Waals surface area contributed by atoms with Crippen molar-refractivity contribution >= 4 is 0 Å². The Kier molecular flexibility index (Phi) is 6.61. The summed E-state index contributed by atoms with van der Waals surface area (Å²) in [5.41, 5.74) is 0.112. The van der Waals surface area contributed by atoms with E-state index in [0.29, 0.717) is 6.61 Å². The van der Waals surface area contributed by atoms with Gasteiger partial charge >= 0.3 is 0 Å². The number of rotatable bonds is 9. The Hall–Kier alpha value is -0.120. The third-order valence-electron chi connectivity index (χ3n) is 4.01. The summed E-state index contributed by atoms with van der Waals surface area (Å²) in [6.45, 7) is 9.14. The minimum Gasteiger partial charge on any atom is -0.394 e. The Balaban J connectivity index is 2.33. The normalized spacial score (nSPS) is 23.2. The second-order valence-electron chi connectivity index (χ2n) is 6.01. The summed E-state index contributed by atoms with van der Waals surface area (Å²) in [7, 11) is 0. The topological polar surface area (TPSA) is 38.7 Å². The summed E-state index contributed by atoms with van der Waals surface area (Å²) >= 11 is 0. The van der Waals surface area contributed by atoms with Crippen LogP contribution < -0.4 is 0 Å². The highest BCUT2D eigenvalue weighted by Crippen LogP contribution is 2.42. The van der Waals surface area contributed by atoms with E-state index in [1.54, 1.807) is 0 Å². The monoisotopic (exact) mass is 258 g/mol. The molecule has 0 spiro atoms. The van der Waals surface area contributed by atoms with Crippen molar-refractivity contribution in [1.82, 2.24) is 0 Å². The zero-order valence-corrected chi connectivity index (χ0v) is 12.4. The van der Waals surface area contributed by atoms with Crippen LogP contribution in [0.15, 0.2) is 0 Å². The Morgan fingerprint density at radius 2 is 1.83 bits per heavy atom. The van der Waals surface area contributed by atoms with Crippen LogP contribution in [0.1, 0.15) is 59.8 Å². The van der Waals surface area contributed by atoms with Gasteiger partial charge in [0.2, 0.25) is 0 Å². The van der Waals surface area contributed by atoms with Gasteiger partial charge in [0.25, 0.3) is 0 Å². The first-order valence-corrected chi connectivity index (χ1v) is 7.41. The van der Waals surface area contributed by atoms with Crippen LogP contribution in [0.5, 0.6) is 0 Å². The third kappa shape index (κ3) is 4.87.